The van der Waals surface area contributed by atoms with Gasteiger partial charge in [-0.05, 0) is 91.8 Å². The molecule has 0 bridgehead atoms. The van der Waals surface area contributed by atoms with Crippen molar-refractivity contribution in [3.8, 4) is 5.75 Å². The molecule has 6 rings (SSSR count). The van der Waals surface area contributed by atoms with Crippen LogP contribution in [0.2, 0.25) is 0 Å². The van der Waals surface area contributed by atoms with Gasteiger partial charge in [-0.3, -0.25) is 4.98 Å². The Morgan fingerprint density at radius 3 is 2.68 bits per heavy atom. The van der Waals surface area contributed by atoms with Crippen LogP contribution >= 0.6 is 0 Å². The lowest BCUT2D eigenvalue weighted by atomic mass is 9.52. The number of hydrogen-bond donors (Lipinski definition) is 1. The average Bonchev–Trinajstić information content (AvgIpc) is 2.93. The SMILES string of the molecule is CCC[C@@]1(O)CC[C@@]2(Cc3ccccc3)c3ccc(OCc4ccnc5ccccc45)cc3CC[C@@H]2C1. The fraction of sp³-hybridized carbons (Fsp3) is 0.382. The summed E-state index contributed by atoms with van der Waals surface area (Å²) in [6.07, 6.45) is 9.88. The highest BCUT2D eigenvalue weighted by Crippen LogP contribution is 2.55. The molecule has 0 radical (unpaired) electrons. The van der Waals surface area contributed by atoms with E-state index in [0.717, 1.165) is 73.6 Å². The highest BCUT2D eigenvalue weighted by Gasteiger charge is 2.51. The number of hydrogen-bond acceptors (Lipinski definition) is 3. The lowest BCUT2D eigenvalue weighted by Crippen LogP contribution is -2.51. The van der Waals surface area contributed by atoms with Crippen molar-refractivity contribution < 1.29 is 9.84 Å². The summed E-state index contributed by atoms with van der Waals surface area (Å²) in [7, 11) is 0. The summed E-state index contributed by atoms with van der Waals surface area (Å²) in [5.74, 6) is 1.44. The van der Waals surface area contributed by atoms with Crippen molar-refractivity contribution in [3.63, 3.8) is 0 Å². The highest BCUT2D eigenvalue weighted by atomic mass is 16.5. The maximum atomic E-state index is 11.4. The molecule has 3 heteroatoms. The molecule has 2 aliphatic carbocycles. The van der Waals surface area contributed by atoms with Gasteiger partial charge in [0.15, 0.2) is 0 Å². The number of aryl methyl sites for hydroxylation is 1. The monoisotopic (exact) mass is 491 g/mol. The number of rotatable bonds is 7. The van der Waals surface area contributed by atoms with Crippen LogP contribution in [0.25, 0.3) is 10.9 Å². The van der Waals surface area contributed by atoms with Crippen LogP contribution in [-0.2, 0) is 24.9 Å². The molecule has 2 aliphatic rings. The summed E-state index contributed by atoms with van der Waals surface area (Å²) in [6.45, 7) is 2.72. The molecule has 1 saturated carbocycles. The van der Waals surface area contributed by atoms with Gasteiger partial charge in [-0.15, -0.1) is 0 Å². The number of fused-ring (bicyclic) bond motifs is 4. The molecule has 37 heavy (non-hydrogen) atoms. The zero-order valence-corrected chi connectivity index (χ0v) is 21.8. The van der Waals surface area contributed by atoms with Crippen LogP contribution in [0.4, 0.5) is 0 Å². The number of benzene rings is 3. The van der Waals surface area contributed by atoms with Crippen molar-refractivity contribution in [2.45, 2.75) is 75.9 Å². The van der Waals surface area contributed by atoms with Crippen LogP contribution in [0.3, 0.4) is 0 Å². The van der Waals surface area contributed by atoms with Crippen molar-refractivity contribution >= 4 is 10.9 Å². The first-order valence-electron chi connectivity index (χ1n) is 13.9. The molecule has 0 aliphatic heterocycles. The molecule has 0 unspecified atom stereocenters. The molecule has 1 fully saturated rings. The van der Waals surface area contributed by atoms with Gasteiger partial charge in [-0.25, -0.2) is 0 Å². The van der Waals surface area contributed by atoms with Crippen LogP contribution in [0.1, 0.15) is 67.7 Å². The van der Waals surface area contributed by atoms with E-state index in [1.807, 2.05) is 18.3 Å². The minimum absolute atomic E-state index is 0.0781. The molecule has 1 heterocycles. The number of ether oxygens (including phenoxy) is 1. The Bertz CT molecular complexity index is 1380. The summed E-state index contributed by atoms with van der Waals surface area (Å²) in [5.41, 5.74) is 6.03. The van der Waals surface area contributed by atoms with E-state index in [4.69, 9.17) is 4.74 Å². The van der Waals surface area contributed by atoms with Crippen molar-refractivity contribution in [2.75, 3.05) is 0 Å². The smallest absolute Gasteiger partial charge is 0.120 e. The second-order valence-electron chi connectivity index (χ2n) is 11.3. The Labute approximate surface area is 220 Å². The zero-order chi connectivity index (χ0) is 25.3. The van der Waals surface area contributed by atoms with E-state index in [-0.39, 0.29) is 5.41 Å². The van der Waals surface area contributed by atoms with Gasteiger partial charge in [0.05, 0.1) is 11.1 Å². The fourth-order valence-corrected chi connectivity index (χ4v) is 7.25. The molecular formula is C34H37NO2. The van der Waals surface area contributed by atoms with Crippen molar-refractivity contribution in [1.82, 2.24) is 4.98 Å². The van der Waals surface area contributed by atoms with Crippen molar-refractivity contribution in [2.24, 2.45) is 5.92 Å². The first-order chi connectivity index (χ1) is 18.1. The van der Waals surface area contributed by atoms with E-state index in [2.05, 4.69) is 78.6 Å². The van der Waals surface area contributed by atoms with Gasteiger partial charge >= 0.3 is 0 Å². The summed E-state index contributed by atoms with van der Waals surface area (Å²) in [6, 6.07) is 28.0. The first-order valence-corrected chi connectivity index (χ1v) is 13.9. The minimum Gasteiger partial charge on any atom is -0.489 e. The van der Waals surface area contributed by atoms with Crippen LogP contribution in [0.15, 0.2) is 85.1 Å². The molecule has 0 spiro atoms. The van der Waals surface area contributed by atoms with E-state index in [9.17, 15) is 5.11 Å². The van der Waals surface area contributed by atoms with Crippen molar-refractivity contribution in [1.29, 1.82) is 0 Å². The fourth-order valence-electron chi connectivity index (χ4n) is 7.25. The molecule has 3 aromatic carbocycles. The van der Waals surface area contributed by atoms with Gasteiger partial charge in [0.2, 0.25) is 0 Å². The molecule has 3 atom stereocenters. The third-order valence-corrected chi connectivity index (χ3v) is 9.03. The number of aromatic nitrogens is 1. The quantitative estimate of drug-likeness (QED) is 0.290. The Morgan fingerprint density at radius 1 is 0.973 bits per heavy atom. The van der Waals surface area contributed by atoms with Crippen LogP contribution in [0.5, 0.6) is 5.75 Å². The van der Waals surface area contributed by atoms with Crippen LogP contribution < -0.4 is 4.74 Å². The van der Waals surface area contributed by atoms with Gasteiger partial charge in [0.1, 0.15) is 12.4 Å². The molecular weight excluding hydrogens is 454 g/mol. The molecule has 3 nitrogen and oxygen atoms in total. The van der Waals surface area contributed by atoms with Gasteiger partial charge in [0, 0.05) is 22.6 Å². The Kier molecular flexibility index (Phi) is 6.50. The van der Waals surface area contributed by atoms with Gasteiger partial charge in [0.25, 0.3) is 0 Å². The molecule has 190 valence electrons. The largest absolute Gasteiger partial charge is 0.489 e. The van der Waals surface area contributed by atoms with E-state index in [0.29, 0.717) is 12.5 Å². The standard InChI is InChI=1S/C34H37NO2/c1-2-17-33(36)18-19-34(22-25-8-4-3-5-9-25)28(23-33)13-12-26-21-29(14-15-31(26)34)37-24-27-16-20-35-32-11-7-6-10-30(27)32/h3-11,14-16,20-21,28,36H,2,12-13,17-19,22-24H2,1H3/t28-,33-,34+/m1/s1. The summed E-state index contributed by atoms with van der Waals surface area (Å²) in [4.78, 5) is 4.48. The normalized spacial score (nSPS) is 24.9. The lowest BCUT2D eigenvalue weighted by Gasteiger charge is -2.53. The average molecular weight is 492 g/mol. The predicted octanol–water partition coefficient (Wildman–Crippen LogP) is 7.57. The Balaban J connectivity index is 1.30. The summed E-state index contributed by atoms with van der Waals surface area (Å²) in [5, 5.41) is 12.6. The zero-order valence-electron chi connectivity index (χ0n) is 21.8. The Morgan fingerprint density at radius 2 is 1.81 bits per heavy atom. The summed E-state index contributed by atoms with van der Waals surface area (Å²) < 4.78 is 6.35. The maximum absolute atomic E-state index is 11.4. The number of para-hydroxylation sites is 1. The number of aliphatic hydroxyl groups is 1. The molecule has 4 aromatic rings. The molecule has 0 amide bonds. The van der Waals surface area contributed by atoms with Gasteiger partial charge in [-0.1, -0.05) is 67.9 Å². The van der Waals surface area contributed by atoms with Crippen LogP contribution in [0, 0.1) is 5.92 Å². The molecule has 1 aromatic heterocycles. The number of pyridine rings is 1. The molecule has 1 N–H and O–H groups in total. The van der Waals surface area contributed by atoms with Gasteiger partial charge < -0.3 is 9.84 Å². The minimum atomic E-state index is -0.506. The molecule has 0 saturated heterocycles. The highest BCUT2D eigenvalue weighted by molar-refractivity contribution is 5.81. The second kappa shape index (κ2) is 9.95. The number of nitrogens with zero attached hydrogens (tertiary/aromatic N) is 1. The second-order valence-corrected chi connectivity index (χ2v) is 11.3. The third kappa shape index (κ3) is 4.66. The lowest BCUT2D eigenvalue weighted by molar-refractivity contribution is -0.0565. The summed E-state index contributed by atoms with van der Waals surface area (Å²) >= 11 is 0. The maximum Gasteiger partial charge on any atom is 0.120 e. The van der Waals surface area contributed by atoms with Gasteiger partial charge in [-0.2, -0.15) is 0 Å². The van der Waals surface area contributed by atoms with E-state index >= 15 is 0 Å². The third-order valence-electron chi connectivity index (χ3n) is 9.03. The Hall–Kier alpha value is -3.17. The topological polar surface area (TPSA) is 42.4 Å². The van der Waals surface area contributed by atoms with Crippen LogP contribution in [-0.4, -0.2) is 15.7 Å². The first kappa shape index (κ1) is 24.2. The predicted molar refractivity (Wildman–Crippen MR) is 150 cm³/mol. The van der Waals surface area contributed by atoms with E-state index in [1.165, 1.54) is 16.7 Å². The van der Waals surface area contributed by atoms with E-state index in [1.54, 1.807) is 0 Å². The van der Waals surface area contributed by atoms with E-state index < -0.39 is 5.60 Å². The van der Waals surface area contributed by atoms with Crippen molar-refractivity contribution in [3.05, 3.63) is 107 Å².